The monoisotopic (exact) mass is 216 g/mol. The van der Waals surface area contributed by atoms with E-state index in [0.29, 0.717) is 5.82 Å². The number of para-hydroxylation sites is 1. The average Bonchev–Trinajstić information content (AvgIpc) is 2.61. The Hall–Kier alpha value is -2.10. The van der Waals surface area contributed by atoms with Gasteiger partial charge < -0.3 is 9.67 Å². The molecule has 2 aromatic rings. The third-order valence-corrected chi connectivity index (χ3v) is 2.48. The van der Waals surface area contributed by atoms with Gasteiger partial charge >= 0.3 is 5.97 Å². The van der Waals surface area contributed by atoms with Crippen LogP contribution in [0.2, 0.25) is 0 Å². The van der Waals surface area contributed by atoms with E-state index in [1.165, 1.54) is 0 Å². The standard InChI is InChI=1S/C12H12N2O2/c1-8-5-3-4-6-11(8)14-7-10(12(15)16)13-9(14)2/h3-7H,1-2H3,(H,15,16). The van der Waals surface area contributed by atoms with E-state index in [1.807, 2.05) is 31.2 Å². The van der Waals surface area contributed by atoms with Crippen molar-refractivity contribution in [3.05, 3.63) is 47.5 Å². The fourth-order valence-corrected chi connectivity index (χ4v) is 1.65. The van der Waals surface area contributed by atoms with Crippen LogP contribution >= 0.6 is 0 Å². The maximum absolute atomic E-state index is 10.8. The lowest BCUT2D eigenvalue weighted by atomic mass is 10.2. The molecule has 0 unspecified atom stereocenters. The van der Waals surface area contributed by atoms with Crippen LogP contribution in [0.15, 0.2) is 30.5 Å². The van der Waals surface area contributed by atoms with E-state index in [0.717, 1.165) is 11.3 Å². The highest BCUT2D eigenvalue weighted by Crippen LogP contribution is 2.16. The summed E-state index contributed by atoms with van der Waals surface area (Å²) in [4.78, 5) is 14.8. The van der Waals surface area contributed by atoms with Gasteiger partial charge in [0.15, 0.2) is 5.69 Å². The smallest absolute Gasteiger partial charge is 0.356 e. The number of rotatable bonds is 2. The number of imidazole rings is 1. The summed E-state index contributed by atoms with van der Waals surface area (Å²) in [5, 5.41) is 8.86. The highest BCUT2D eigenvalue weighted by Gasteiger charge is 2.12. The summed E-state index contributed by atoms with van der Waals surface area (Å²) in [7, 11) is 0. The van der Waals surface area contributed by atoms with E-state index < -0.39 is 5.97 Å². The Labute approximate surface area is 93.2 Å². The van der Waals surface area contributed by atoms with Gasteiger partial charge in [0.1, 0.15) is 5.82 Å². The number of aromatic nitrogens is 2. The van der Waals surface area contributed by atoms with E-state index in [9.17, 15) is 4.79 Å². The van der Waals surface area contributed by atoms with Crippen molar-refractivity contribution >= 4 is 5.97 Å². The van der Waals surface area contributed by atoms with Crippen molar-refractivity contribution in [2.45, 2.75) is 13.8 Å². The van der Waals surface area contributed by atoms with Crippen molar-refractivity contribution in [3.63, 3.8) is 0 Å². The molecule has 0 amide bonds. The molecule has 0 aliphatic heterocycles. The minimum atomic E-state index is -1.00. The summed E-state index contributed by atoms with van der Waals surface area (Å²) >= 11 is 0. The molecule has 0 bridgehead atoms. The van der Waals surface area contributed by atoms with E-state index in [1.54, 1.807) is 17.7 Å². The van der Waals surface area contributed by atoms with Crippen LogP contribution in [0.25, 0.3) is 5.69 Å². The molecule has 1 aromatic heterocycles. The molecule has 0 saturated heterocycles. The predicted molar refractivity (Wildman–Crippen MR) is 60.0 cm³/mol. The van der Waals surface area contributed by atoms with Crippen LogP contribution in [0.3, 0.4) is 0 Å². The Balaban J connectivity index is 2.57. The highest BCUT2D eigenvalue weighted by atomic mass is 16.4. The number of carboxylic acid groups (broad SMARTS) is 1. The summed E-state index contributed by atoms with van der Waals surface area (Å²) in [5.74, 6) is -0.331. The van der Waals surface area contributed by atoms with E-state index >= 15 is 0 Å². The minimum absolute atomic E-state index is 0.0701. The molecule has 2 rings (SSSR count). The van der Waals surface area contributed by atoms with Gasteiger partial charge in [0.2, 0.25) is 0 Å². The number of aryl methyl sites for hydroxylation is 2. The Morgan fingerprint density at radius 2 is 2.00 bits per heavy atom. The lowest BCUT2D eigenvalue weighted by Crippen LogP contribution is -1.97. The second-order valence-corrected chi connectivity index (χ2v) is 3.63. The van der Waals surface area contributed by atoms with Gasteiger partial charge in [0, 0.05) is 11.9 Å². The molecule has 1 aromatic carbocycles. The first-order chi connectivity index (χ1) is 7.59. The third kappa shape index (κ3) is 1.69. The second-order valence-electron chi connectivity index (χ2n) is 3.63. The van der Waals surface area contributed by atoms with Gasteiger partial charge in [-0.2, -0.15) is 0 Å². The molecule has 4 nitrogen and oxygen atoms in total. The number of carbonyl (C=O) groups is 1. The molecule has 16 heavy (non-hydrogen) atoms. The third-order valence-electron chi connectivity index (χ3n) is 2.48. The van der Waals surface area contributed by atoms with Crippen molar-refractivity contribution in [1.29, 1.82) is 0 Å². The quantitative estimate of drug-likeness (QED) is 0.837. The SMILES string of the molecule is Cc1ccccc1-n1cc(C(=O)O)nc1C. The molecule has 4 heteroatoms. The molecule has 0 radical (unpaired) electrons. The second kappa shape index (κ2) is 3.81. The topological polar surface area (TPSA) is 55.1 Å². The van der Waals surface area contributed by atoms with Crippen LogP contribution in [0.1, 0.15) is 21.9 Å². The van der Waals surface area contributed by atoms with Crippen molar-refractivity contribution < 1.29 is 9.90 Å². The molecule has 0 aliphatic rings. The number of carboxylic acids is 1. The normalized spacial score (nSPS) is 10.4. The molecule has 0 saturated carbocycles. The van der Waals surface area contributed by atoms with Gasteiger partial charge in [-0.1, -0.05) is 18.2 Å². The summed E-state index contributed by atoms with van der Waals surface area (Å²) in [5.41, 5.74) is 2.11. The average molecular weight is 216 g/mol. The van der Waals surface area contributed by atoms with Crippen LogP contribution < -0.4 is 0 Å². The van der Waals surface area contributed by atoms with Gasteiger partial charge in [-0.05, 0) is 25.5 Å². The Kier molecular flexibility index (Phi) is 2.48. The fraction of sp³-hybridized carbons (Fsp3) is 0.167. The number of hydrogen-bond acceptors (Lipinski definition) is 2. The van der Waals surface area contributed by atoms with E-state index in [-0.39, 0.29) is 5.69 Å². The minimum Gasteiger partial charge on any atom is -0.476 e. The van der Waals surface area contributed by atoms with Crippen LogP contribution in [0, 0.1) is 13.8 Å². The molecule has 1 N–H and O–H groups in total. The number of aromatic carboxylic acids is 1. The summed E-state index contributed by atoms with van der Waals surface area (Å²) < 4.78 is 1.79. The van der Waals surface area contributed by atoms with Crippen molar-refractivity contribution in [2.24, 2.45) is 0 Å². The maximum atomic E-state index is 10.8. The number of hydrogen-bond donors (Lipinski definition) is 1. The maximum Gasteiger partial charge on any atom is 0.356 e. The summed E-state index contributed by atoms with van der Waals surface area (Å²) in [6, 6.07) is 7.79. The van der Waals surface area contributed by atoms with E-state index in [4.69, 9.17) is 5.11 Å². The van der Waals surface area contributed by atoms with Gasteiger partial charge in [-0.3, -0.25) is 0 Å². The van der Waals surface area contributed by atoms with E-state index in [2.05, 4.69) is 4.98 Å². The first-order valence-electron chi connectivity index (χ1n) is 4.95. The Morgan fingerprint density at radius 3 is 2.56 bits per heavy atom. The van der Waals surface area contributed by atoms with Crippen molar-refractivity contribution in [3.8, 4) is 5.69 Å². The van der Waals surface area contributed by atoms with Crippen LogP contribution in [0.4, 0.5) is 0 Å². The molecule has 0 atom stereocenters. The molecule has 0 spiro atoms. The fourth-order valence-electron chi connectivity index (χ4n) is 1.65. The van der Waals surface area contributed by atoms with Gasteiger partial charge in [0.25, 0.3) is 0 Å². The number of nitrogens with zero attached hydrogens (tertiary/aromatic N) is 2. The van der Waals surface area contributed by atoms with Gasteiger partial charge in [0.05, 0.1) is 0 Å². The van der Waals surface area contributed by atoms with Gasteiger partial charge in [-0.25, -0.2) is 9.78 Å². The van der Waals surface area contributed by atoms with Gasteiger partial charge in [-0.15, -0.1) is 0 Å². The van der Waals surface area contributed by atoms with Crippen molar-refractivity contribution in [2.75, 3.05) is 0 Å². The van der Waals surface area contributed by atoms with Crippen LogP contribution in [0.5, 0.6) is 0 Å². The molecule has 1 heterocycles. The zero-order chi connectivity index (χ0) is 11.7. The Morgan fingerprint density at radius 1 is 1.31 bits per heavy atom. The largest absolute Gasteiger partial charge is 0.476 e. The summed E-state index contributed by atoms with van der Waals surface area (Å²) in [6.45, 7) is 3.77. The summed E-state index contributed by atoms with van der Waals surface area (Å²) in [6.07, 6.45) is 1.54. The molecule has 0 aliphatic carbocycles. The highest BCUT2D eigenvalue weighted by molar-refractivity contribution is 5.85. The lowest BCUT2D eigenvalue weighted by molar-refractivity contribution is 0.0691. The molecule has 0 fully saturated rings. The zero-order valence-electron chi connectivity index (χ0n) is 9.14. The zero-order valence-corrected chi connectivity index (χ0v) is 9.14. The molecular weight excluding hydrogens is 204 g/mol. The molecular formula is C12H12N2O2. The molecule has 82 valence electrons. The number of benzene rings is 1. The van der Waals surface area contributed by atoms with Crippen LogP contribution in [-0.4, -0.2) is 20.6 Å². The lowest BCUT2D eigenvalue weighted by Gasteiger charge is -2.07. The first-order valence-corrected chi connectivity index (χ1v) is 4.95. The Bertz CT molecular complexity index is 544. The van der Waals surface area contributed by atoms with Crippen molar-refractivity contribution in [1.82, 2.24) is 9.55 Å². The predicted octanol–water partition coefficient (Wildman–Crippen LogP) is 2.19. The van der Waals surface area contributed by atoms with Crippen LogP contribution in [-0.2, 0) is 0 Å². The first kappa shape index (κ1) is 10.4.